The van der Waals surface area contributed by atoms with Crippen molar-refractivity contribution in [3.8, 4) is 0 Å². The lowest BCUT2D eigenvalue weighted by molar-refractivity contribution is -0.136. The lowest BCUT2D eigenvalue weighted by Gasteiger charge is -2.08. The van der Waals surface area contributed by atoms with Crippen LogP contribution in [-0.2, 0) is 11.2 Å². The number of halogens is 1. The summed E-state index contributed by atoms with van der Waals surface area (Å²) < 4.78 is 13.2. The number of anilines is 1. The number of carboxylic acids is 1. The highest BCUT2D eigenvalue weighted by Gasteiger charge is 2.10. The molecule has 0 atom stereocenters. The van der Waals surface area contributed by atoms with Gasteiger partial charge < -0.3 is 10.4 Å². The van der Waals surface area contributed by atoms with Crippen molar-refractivity contribution in [2.45, 2.75) is 13.3 Å². The predicted molar refractivity (Wildman–Crippen MR) is 76.9 cm³/mol. The molecule has 2 aromatic rings. The molecule has 0 heterocycles. The van der Waals surface area contributed by atoms with Gasteiger partial charge in [-0.05, 0) is 42.3 Å². The zero-order chi connectivity index (χ0) is 15.4. The zero-order valence-electron chi connectivity index (χ0n) is 11.4. The summed E-state index contributed by atoms with van der Waals surface area (Å²) in [7, 11) is 0. The number of carbonyl (C=O) groups excluding carboxylic acids is 1. The minimum Gasteiger partial charge on any atom is -0.481 e. The van der Waals surface area contributed by atoms with E-state index in [0.29, 0.717) is 16.8 Å². The van der Waals surface area contributed by atoms with Gasteiger partial charge >= 0.3 is 5.97 Å². The van der Waals surface area contributed by atoms with Crippen LogP contribution in [-0.4, -0.2) is 17.0 Å². The Labute approximate surface area is 121 Å². The Morgan fingerprint density at radius 1 is 1.14 bits per heavy atom. The van der Waals surface area contributed by atoms with Gasteiger partial charge in [-0.15, -0.1) is 0 Å². The summed E-state index contributed by atoms with van der Waals surface area (Å²) in [6.07, 6.45) is -0.0722. The topological polar surface area (TPSA) is 66.4 Å². The summed E-state index contributed by atoms with van der Waals surface area (Å²) in [6.45, 7) is 1.73. The third-order valence-electron chi connectivity index (χ3n) is 3.01. The fraction of sp³-hybridized carbons (Fsp3) is 0.125. The van der Waals surface area contributed by atoms with Crippen LogP contribution in [0.2, 0.25) is 0 Å². The van der Waals surface area contributed by atoms with Crippen molar-refractivity contribution < 1.29 is 19.1 Å². The Morgan fingerprint density at radius 3 is 2.43 bits per heavy atom. The second-order valence-electron chi connectivity index (χ2n) is 4.68. The molecule has 2 rings (SSSR count). The molecule has 0 aromatic heterocycles. The molecule has 0 saturated heterocycles. The molecular weight excluding hydrogens is 273 g/mol. The number of amides is 1. The molecule has 0 saturated carbocycles. The van der Waals surface area contributed by atoms with Crippen LogP contribution in [0.3, 0.4) is 0 Å². The van der Waals surface area contributed by atoms with Gasteiger partial charge in [-0.1, -0.05) is 18.2 Å². The SMILES string of the molecule is Cc1ccc(F)cc1C(=O)Nc1ccc(CC(=O)O)cc1. The second kappa shape index (κ2) is 6.17. The Bertz CT molecular complexity index is 680. The van der Waals surface area contributed by atoms with Gasteiger partial charge in [0.05, 0.1) is 6.42 Å². The molecular formula is C16H14FNO3. The molecule has 108 valence electrons. The minimum atomic E-state index is -0.915. The van der Waals surface area contributed by atoms with E-state index in [-0.39, 0.29) is 12.0 Å². The first kappa shape index (κ1) is 14.7. The lowest BCUT2D eigenvalue weighted by Crippen LogP contribution is -2.13. The van der Waals surface area contributed by atoms with E-state index in [4.69, 9.17) is 5.11 Å². The van der Waals surface area contributed by atoms with Crippen molar-refractivity contribution in [1.82, 2.24) is 0 Å². The summed E-state index contributed by atoms with van der Waals surface area (Å²) in [5, 5.41) is 11.3. The molecule has 5 heteroatoms. The van der Waals surface area contributed by atoms with Gasteiger partial charge in [-0.2, -0.15) is 0 Å². The van der Waals surface area contributed by atoms with E-state index >= 15 is 0 Å². The van der Waals surface area contributed by atoms with Crippen LogP contribution in [0, 0.1) is 12.7 Å². The summed E-state index contributed by atoms with van der Waals surface area (Å²) in [5.41, 5.74) is 2.11. The molecule has 2 N–H and O–H groups in total. The molecule has 0 aliphatic heterocycles. The molecule has 0 aliphatic rings. The van der Waals surface area contributed by atoms with Crippen LogP contribution in [0.5, 0.6) is 0 Å². The molecule has 0 spiro atoms. The first-order chi connectivity index (χ1) is 9.95. The second-order valence-corrected chi connectivity index (χ2v) is 4.68. The lowest BCUT2D eigenvalue weighted by atomic mass is 10.1. The molecule has 0 radical (unpaired) electrons. The van der Waals surface area contributed by atoms with Crippen LogP contribution in [0.4, 0.5) is 10.1 Å². The van der Waals surface area contributed by atoms with Gasteiger partial charge in [0, 0.05) is 11.3 Å². The fourth-order valence-corrected chi connectivity index (χ4v) is 1.92. The van der Waals surface area contributed by atoms with E-state index in [0.717, 1.165) is 0 Å². The highest BCUT2D eigenvalue weighted by atomic mass is 19.1. The van der Waals surface area contributed by atoms with E-state index in [1.807, 2.05) is 0 Å². The van der Waals surface area contributed by atoms with Gasteiger partial charge in [-0.3, -0.25) is 9.59 Å². The maximum atomic E-state index is 13.2. The molecule has 2 aromatic carbocycles. The molecule has 4 nitrogen and oxygen atoms in total. The molecule has 0 aliphatic carbocycles. The van der Waals surface area contributed by atoms with Crippen LogP contribution >= 0.6 is 0 Å². The Hall–Kier alpha value is -2.69. The number of rotatable bonds is 4. The maximum Gasteiger partial charge on any atom is 0.307 e. The maximum absolute atomic E-state index is 13.2. The third kappa shape index (κ3) is 3.89. The van der Waals surface area contributed by atoms with Gasteiger partial charge in [0.1, 0.15) is 5.82 Å². The average molecular weight is 287 g/mol. The number of carboxylic acid groups (broad SMARTS) is 1. The molecule has 21 heavy (non-hydrogen) atoms. The summed E-state index contributed by atoms with van der Waals surface area (Å²) in [5.74, 6) is -1.79. The van der Waals surface area contributed by atoms with Gasteiger partial charge in [0.25, 0.3) is 5.91 Å². The van der Waals surface area contributed by atoms with Gasteiger partial charge in [-0.25, -0.2) is 4.39 Å². The summed E-state index contributed by atoms with van der Waals surface area (Å²) in [6, 6.07) is 10.5. The smallest absolute Gasteiger partial charge is 0.307 e. The van der Waals surface area contributed by atoms with Crippen molar-refractivity contribution >= 4 is 17.6 Å². The summed E-state index contributed by atoms with van der Waals surface area (Å²) in [4.78, 5) is 22.7. The van der Waals surface area contributed by atoms with E-state index in [1.54, 1.807) is 37.3 Å². The largest absolute Gasteiger partial charge is 0.481 e. The normalized spacial score (nSPS) is 10.2. The van der Waals surface area contributed by atoms with E-state index in [9.17, 15) is 14.0 Å². The molecule has 0 fully saturated rings. The Kier molecular flexibility index (Phi) is 4.33. The Balaban J connectivity index is 2.12. The highest BCUT2D eigenvalue weighted by molar-refractivity contribution is 6.05. The first-order valence-corrected chi connectivity index (χ1v) is 6.34. The number of benzene rings is 2. The van der Waals surface area contributed by atoms with Gasteiger partial charge in [0.15, 0.2) is 0 Å². The minimum absolute atomic E-state index is 0.0722. The first-order valence-electron chi connectivity index (χ1n) is 6.34. The van der Waals surface area contributed by atoms with E-state index in [2.05, 4.69) is 5.32 Å². The zero-order valence-corrected chi connectivity index (χ0v) is 11.4. The number of nitrogens with one attached hydrogen (secondary N) is 1. The number of hydrogen-bond donors (Lipinski definition) is 2. The summed E-state index contributed by atoms with van der Waals surface area (Å²) >= 11 is 0. The Morgan fingerprint density at radius 2 is 1.81 bits per heavy atom. The number of hydrogen-bond acceptors (Lipinski definition) is 2. The number of aryl methyl sites for hydroxylation is 1. The average Bonchev–Trinajstić information content (AvgIpc) is 2.43. The van der Waals surface area contributed by atoms with E-state index < -0.39 is 17.7 Å². The van der Waals surface area contributed by atoms with Crippen molar-refractivity contribution in [1.29, 1.82) is 0 Å². The van der Waals surface area contributed by atoms with Crippen LogP contribution in [0.1, 0.15) is 21.5 Å². The predicted octanol–water partition coefficient (Wildman–Crippen LogP) is 3.01. The molecule has 1 amide bonds. The van der Waals surface area contributed by atoms with Crippen molar-refractivity contribution in [2.75, 3.05) is 5.32 Å². The fourth-order valence-electron chi connectivity index (χ4n) is 1.92. The standard InChI is InChI=1S/C16H14FNO3/c1-10-2-5-12(17)9-14(10)16(21)18-13-6-3-11(4-7-13)8-15(19)20/h2-7,9H,8H2,1H3,(H,18,21)(H,19,20). The van der Waals surface area contributed by atoms with Crippen LogP contribution < -0.4 is 5.32 Å². The van der Waals surface area contributed by atoms with Gasteiger partial charge in [0.2, 0.25) is 0 Å². The van der Waals surface area contributed by atoms with Crippen molar-refractivity contribution in [3.05, 3.63) is 65.0 Å². The van der Waals surface area contributed by atoms with Crippen molar-refractivity contribution in [3.63, 3.8) is 0 Å². The van der Waals surface area contributed by atoms with E-state index in [1.165, 1.54) is 12.1 Å². The third-order valence-corrected chi connectivity index (χ3v) is 3.01. The number of carbonyl (C=O) groups is 2. The highest BCUT2D eigenvalue weighted by Crippen LogP contribution is 2.15. The van der Waals surface area contributed by atoms with Crippen LogP contribution in [0.15, 0.2) is 42.5 Å². The monoisotopic (exact) mass is 287 g/mol. The quantitative estimate of drug-likeness (QED) is 0.908. The molecule has 0 bridgehead atoms. The molecule has 0 unspecified atom stereocenters. The van der Waals surface area contributed by atoms with Crippen LogP contribution in [0.25, 0.3) is 0 Å². The number of aliphatic carboxylic acids is 1. The van der Waals surface area contributed by atoms with Crippen molar-refractivity contribution in [2.24, 2.45) is 0 Å².